The molecule has 2 fully saturated rings. The maximum atomic E-state index is 12.4. The van der Waals surface area contributed by atoms with Gasteiger partial charge in [0.25, 0.3) is 0 Å². The summed E-state index contributed by atoms with van der Waals surface area (Å²) in [5, 5.41) is 2.71. The fourth-order valence-electron chi connectivity index (χ4n) is 2.93. The van der Waals surface area contributed by atoms with Crippen LogP contribution in [-0.2, 0) is 14.6 Å². The lowest BCUT2D eigenvalue weighted by Crippen LogP contribution is -2.44. The number of hydrogen-bond acceptors (Lipinski definition) is 4. The SMILES string of the molecule is O=C(CN1CCN(c2ccccc2)C1=O)NC1CCS(=O)(=O)C1. The first kappa shape index (κ1) is 15.8. The zero-order chi connectivity index (χ0) is 16.4. The van der Waals surface area contributed by atoms with Crippen molar-refractivity contribution in [2.24, 2.45) is 0 Å². The second-order valence-corrected chi connectivity index (χ2v) is 8.09. The molecule has 1 aromatic carbocycles. The Kier molecular flexibility index (Phi) is 4.25. The first-order valence-corrected chi connectivity index (χ1v) is 9.38. The van der Waals surface area contributed by atoms with Crippen LogP contribution in [0.15, 0.2) is 30.3 Å². The van der Waals surface area contributed by atoms with E-state index in [2.05, 4.69) is 5.32 Å². The molecule has 0 spiro atoms. The molecule has 2 aliphatic rings. The number of amides is 3. The molecule has 0 bridgehead atoms. The van der Waals surface area contributed by atoms with Crippen LogP contribution in [-0.4, -0.2) is 62.4 Å². The number of anilines is 1. The highest BCUT2D eigenvalue weighted by atomic mass is 32.2. The number of sulfone groups is 1. The van der Waals surface area contributed by atoms with Crippen molar-refractivity contribution >= 4 is 27.5 Å². The molecule has 0 radical (unpaired) electrons. The van der Waals surface area contributed by atoms with Gasteiger partial charge in [0.05, 0.1) is 11.5 Å². The molecular formula is C15H19N3O4S. The summed E-state index contributed by atoms with van der Waals surface area (Å²) in [6, 6.07) is 8.76. The monoisotopic (exact) mass is 337 g/mol. The Balaban J connectivity index is 1.55. The minimum atomic E-state index is -3.03. The van der Waals surface area contributed by atoms with Crippen molar-refractivity contribution in [3.05, 3.63) is 30.3 Å². The Labute approximate surface area is 135 Å². The maximum Gasteiger partial charge on any atom is 0.325 e. The van der Waals surface area contributed by atoms with Crippen LogP contribution in [0.4, 0.5) is 10.5 Å². The molecule has 8 heteroatoms. The topological polar surface area (TPSA) is 86.8 Å². The van der Waals surface area contributed by atoms with Crippen molar-refractivity contribution in [1.82, 2.24) is 10.2 Å². The first-order chi connectivity index (χ1) is 10.9. The number of nitrogens with zero attached hydrogens (tertiary/aromatic N) is 2. The average Bonchev–Trinajstić information content (AvgIpc) is 3.03. The average molecular weight is 337 g/mol. The van der Waals surface area contributed by atoms with Crippen LogP contribution in [0.5, 0.6) is 0 Å². The van der Waals surface area contributed by atoms with Crippen LogP contribution in [0.1, 0.15) is 6.42 Å². The van der Waals surface area contributed by atoms with Crippen molar-refractivity contribution in [1.29, 1.82) is 0 Å². The van der Waals surface area contributed by atoms with E-state index in [0.717, 1.165) is 5.69 Å². The minimum absolute atomic E-state index is 0.0111. The van der Waals surface area contributed by atoms with Crippen LogP contribution in [0.2, 0.25) is 0 Å². The van der Waals surface area contributed by atoms with Gasteiger partial charge in [0.1, 0.15) is 6.54 Å². The number of carbonyl (C=O) groups is 2. The standard InChI is InChI=1S/C15H19N3O4S/c19-14(16-12-6-9-23(21,22)11-12)10-17-7-8-18(15(17)20)13-4-2-1-3-5-13/h1-5,12H,6-11H2,(H,16,19). The van der Waals surface area contributed by atoms with E-state index >= 15 is 0 Å². The number of benzene rings is 1. The lowest BCUT2D eigenvalue weighted by Gasteiger charge is -2.19. The van der Waals surface area contributed by atoms with E-state index in [0.29, 0.717) is 19.5 Å². The van der Waals surface area contributed by atoms with Crippen molar-refractivity contribution < 1.29 is 18.0 Å². The summed E-state index contributed by atoms with van der Waals surface area (Å²) in [5.41, 5.74) is 0.808. The Hall–Kier alpha value is -2.09. The number of rotatable bonds is 4. The fourth-order valence-corrected chi connectivity index (χ4v) is 4.61. The van der Waals surface area contributed by atoms with Crippen molar-refractivity contribution in [2.45, 2.75) is 12.5 Å². The van der Waals surface area contributed by atoms with Crippen LogP contribution in [0, 0.1) is 0 Å². The molecule has 124 valence electrons. The maximum absolute atomic E-state index is 12.4. The second-order valence-electron chi connectivity index (χ2n) is 5.86. The third-order valence-electron chi connectivity index (χ3n) is 4.09. The molecule has 7 nitrogen and oxygen atoms in total. The molecule has 1 unspecified atom stereocenters. The highest BCUT2D eigenvalue weighted by Crippen LogP contribution is 2.19. The Morgan fingerprint density at radius 2 is 1.96 bits per heavy atom. The normalized spacial score (nSPS) is 23.3. The first-order valence-electron chi connectivity index (χ1n) is 7.56. The number of carbonyl (C=O) groups excluding carboxylic acids is 2. The molecule has 0 saturated carbocycles. The number of nitrogens with one attached hydrogen (secondary N) is 1. The van der Waals surface area contributed by atoms with Gasteiger partial charge in [-0.25, -0.2) is 13.2 Å². The summed E-state index contributed by atoms with van der Waals surface area (Å²) in [5.74, 6) is -0.207. The van der Waals surface area contributed by atoms with Crippen LogP contribution in [0.25, 0.3) is 0 Å². The van der Waals surface area contributed by atoms with Crippen molar-refractivity contribution in [3.63, 3.8) is 0 Å². The third kappa shape index (κ3) is 3.64. The van der Waals surface area contributed by atoms with E-state index in [1.165, 1.54) is 4.90 Å². The summed E-state index contributed by atoms with van der Waals surface area (Å²) in [6.07, 6.45) is 0.443. The van der Waals surface area contributed by atoms with E-state index in [1.54, 1.807) is 4.90 Å². The predicted molar refractivity (Wildman–Crippen MR) is 86.0 cm³/mol. The fraction of sp³-hybridized carbons (Fsp3) is 0.467. The third-order valence-corrected chi connectivity index (χ3v) is 5.86. The molecule has 3 rings (SSSR count). The van der Waals surface area contributed by atoms with Gasteiger partial charge in [-0.15, -0.1) is 0 Å². The Morgan fingerprint density at radius 3 is 2.61 bits per heavy atom. The number of hydrogen-bond donors (Lipinski definition) is 1. The summed E-state index contributed by atoms with van der Waals surface area (Å²) in [6.45, 7) is 0.969. The van der Waals surface area contributed by atoms with Gasteiger partial charge in [-0.1, -0.05) is 18.2 Å². The van der Waals surface area contributed by atoms with Crippen LogP contribution >= 0.6 is 0 Å². The molecule has 0 aliphatic carbocycles. The van der Waals surface area contributed by atoms with Crippen LogP contribution in [0.3, 0.4) is 0 Å². The summed E-state index contributed by atoms with van der Waals surface area (Å²) >= 11 is 0. The van der Waals surface area contributed by atoms with Crippen LogP contribution < -0.4 is 10.2 Å². The summed E-state index contributed by atoms with van der Waals surface area (Å²) < 4.78 is 22.8. The van der Waals surface area contributed by atoms with Crippen molar-refractivity contribution in [3.8, 4) is 0 Å². The second kappa shape index (κ2) is 6.19. The molecule has 2 saturated heterocycles. The molecule has 23 heavy (non-hydrogen) atoms. The van der Waals surface area contributed by atoms with Gasteiger partial charge >= 0.3 is 6.03 Å². The molecule has 1 aromatic rings. The quantitative estimate of drug-likeness (QED) is 0.852. The highest BCUT2D eigenvalue weighted by Gasteiger charge is 2.33. The van der Waals surface area contributed by atoms with Gasteiger partial charge in [0, 0.05) is 24.8 Å². The Bertz CT molecular complexity index is 705. The highest BCUT2D eigenvalue weighted by molar-refractivity contribution is 7.91. The zero-order valence-electron chi connectivity index (χ0n) is 12.6. The van der Waals surface area contributed by atoms with Gasteiger partial charge < -0.3 is 10.2 Å². The molecular weight excluding hydrogens is 318 g/mol. The molecule has 3 amide bonds. The molecule has 2 heterocycles. The zero-order valence-corrected chi connectivity index (χ0v) is 13.5. The Morgan fingerprint density at radius 1 is 1.22 bits per heavy atom. The smallest absolute Gasteiger partial charge is 0.325 e. The van der Waals surface area contributed by atoms with E-state index < -0.39 is 9.84 Å². The number of urea groups is 1. The van der Waals surface area contributed by atoms with Gasteiger partial charge in [-0.05, 0) is 18.6 Å². The van der Waals surface area contributed by atoms with E-state index in [9.17, 15) is 18.0 Å². The molecule has 0 aromatic heterocycles. The number of para-hydroxylation sites is 1. The van der Waals surface area contributed by atoms with E-state index in [-0.39, 0.29) is 36.0 Å². The van der Waals surface area contributed by atoms with E-state index in [4.69, 9.17) is 0 Å². The van der Waals surface area contributed by atoms with Gasteiger partial charge in [-0.3, -0.25) is 9.69 Å². The molecule has 1 atom stereocenters. The van der Waals surface area contributed by atoms with Gasteiger partial charge in [-0.2, -0.15) is 0 Å². The molecule has 2 aliphatic heterocycles. The van der Waals surface area contributed by atoms with E-state index in [1.807, 2.05) is 30.3 Å². The lowest BCUT2D eigenvalue weighted by atomic mass is 10.2. The lowest BCUT2D eigenvalue weighted by molar-refractivity contribution is -0.122. The van der Waals surface area contributed by atoms with Crippen molar-refractivity contribution in [2.75, 3.05) is 36.0 Å². The molecule has 1 N–H and O–H groups in total. The summed E-state index contributed by atoms with van der Waals surface area (Å²) in [4.78, 5) is 27.5. The minimum Gasteiger partial charge on any atom is -0.351 e. The largest absolute Gasteiger partial charge is 0.351 e. The van der Waals surface area contributed by atoms with Gasteiger partial charge in [0.2, 0.25) is 5.91 Å². The van der Waals surface area contributed by atoms with Gasteiger partial charge in [0.15, 0.2) is 9.84 Å². The summed E-state index contributed by atoms with van der Waals surface area (Å²) in [7, 11) is -3.03. The predicted octanol–water partition coefficient (Wildman–Crippen LogP) is 0.232.